The second-order valence-corrected chi connectivity index (χ2v) is 4.19. The van der Waals surface area contributed by atoms with Gasteiger partial charge in [-0.1, -0.05) is 6.92 Å². The number of ether oxygens (including phenoxy) is 1. The molecular formula is C11H17N5O. The average molecular weight is 235 g/mol. The summed E-state index contributed by atoms with van der Waals surface area (Å²) in [6, 6.07) is 0. The van der Waals surface area contributed by atoms with Crippen molar-refractivity contribution in [2.45, 2.75) is 40.2 Å². The van der Waals surface area contributed by atoms with Crippen molar-refractivity contribution in [1.82, 2.24) is 19.8 Å². The Morgan fingerprint density at radius 3 is 2.65 bits per heavy atom. The zero-order chi connectivity index (χ0) is 12.6. The van der Waals surface area contributed by atoms with Crippen molar-refractivity contribution in [2.24, 2.45) is 0 Å². The van der Waals surface area contributed by atoms with E-state index in [9.17, 15) is 0 Å². The highest BCUT2D eigenvalue weighted by Crippen LogP contribution is 2.23. The first-order valence-electron chi connectivity index (χ1n) is 5.69. The standard InChI is InChI=1S/C11H17N5O/c1-5-6(2)17-10-8(4)7(3)9-13-14-11(12)16(9)15-10/h6H,5H2,1-4H3,(H2,12,14)/t6-/m0/s1. The van der Waals surface area contributed by atoms with Crippen LogP contribution < -0.4 is 10.5 Å². The fraction of sp³-hybridized carbons (Fsp3) is 0.545. The van der Waals surface area contributed by atoms with E-state index in [1.54, 1.807) is 0 Å². The topological polar surface area (TPSA) is 78.3 Å². The Morgan fingerprint density at radius 1 is 1.29 bits per heavy atom. The highest BCUT2D eigenvalue weighted by molar-refractivity contribution is 5.54. The number of fused-ring (bicyclic) bond motifs is 1. The Morgan fingerprint density at radius 2 is 2.00 bits per heavy atom. The van der Waals surface area contributed by atoms with E-state index in [0.717, 1.165) is 17.5 Å². The normalized spacial score (nSPS) is 12.9. The maximum atomic E-state index is 5.76. The molecule has 0 aliphatic rings. The van der Waals surface area contributed by atoms with E-state index in [-0.39, 0.29) is 12.1 Å². The van der Waals surface area contributed by atoms with Crippen LogP contribution >= 0.6 is 0 Å². The monoisotopic (exact) mass is 235 g/mol. The number of rotatable bonds is 3. The molecule has 0 spiro atoms. The third kappa shape index (κ3) is 1.90. The third-order valence-electron chi connectivity index (χ3n) is 2.96. The maximum absolute atomic E-state index is 5.76. The molecule has 0 unspecified atom stereocenters. The molecule has 2 aromatic heterocycles. The quantitative estimate of drug-likeness (QED) is 0.872. The van der Waals surface area contributed by atoms with E-state index in [1.807, 2.05) is 20.8 Å². The maximum Gasteiger partial charge on any atom is 0.243 e. The highest BCUT2D eigenvalue weighted by Gasteiger charge is 2.15. The molecule has 0 fully saturated rings. The first-order valence-corrected chi connectivity index (χ1v) is 5.69. The minimum absolute atomic E-state index is 0.121. The highest BCUT2D eigenvalue weighted by atomic mass is 16.5. The van der Waals surface area contributed by atoms with Crippen LogP contribution in [0.5, 0.6) is 5.88 Å². The van der Waals surface area contributed by atoms with Gasteiger partial charge in [-0.3, -0.25) is 0 Å². The van der Waals surface area contributed by atoms with Gasteiger partial charge in [-0.05, 0) is 27.2 Å². The van der Waals surface area contributed by atoms with E-state index >= 15 is 0 Å². The Hall–Kier alpha value is -1.85. The van der Waals surface area contributed by atoms with E-state index in [1.165, 1.54) is 4.52 Å². The molecule has 1 atom stereocenters. The molecule has 0 saturated carbocycles. The summed E-state index contributed by atoms with van der Waals surface area (Å²) in [6.07, 6.45) is 1.05. The lowest BCUT2D eigenvalue weighted by Gasteiger charge is -2.15. The minimum Gasteiger partial charge on any atom is -0.473 e. The molecule has 17 heavy (non-hydrogen) atoms. The van der Waals surface area contributed by atoms with E-state index in [4.69, 9.17) is 10.5 Å². The van der Waals surface area contributed by atoms with Crippen LogP contribution in [0.1, 0.15) is 31.4 Å². The second-order valence-electron chi connectivity index (χ2n) is 4.19. The van der Waals surface area contributed by atoms with Crippen LogP contribution in [0.3, 0.4) is 0 Å². The zero-order valence-electron chi connectivity index (χ0n) is 10.6. The van der Waals surface area contributed by atoms with Crippen molar-refractivity contribution in [3.63, 3.8) is 0 Å². The van der Waals surface area contributed by atoms with Crippen molar-refractivity contribution in [3.8, 4) is 5.88 Å². The average Bonchev–Trinajstić information content (AvgIpc) is 2.67. The predicted octanol–water partition coefficient (Wildman–Crippen LogP) is 1.50. The van der Waals surface area contributed by atoms with E-state index in [2.05, 4.69) is 22.2 Å². The minimum atomic E-state index is 0.121. The largest absolute Gasteiger partial charge is 0.473 e. The van der Waals surface area contributed by atoms with Crippen molar-refractivity contribution >= 4 is 11.6 Å². The van der Waals surface area contributed by atoms with Crippen LogP contribution in [0, 0.1) is 13.8 Å². The molecular weight excluding hydrogens is 218 g/mol. The SMILES string of the molecule is CC[C@H](C)Oc1nn2c(N)nnc2c(C)c1C. The summed E-state index contributed by atoms with van der Waals surface area (Å²) in [5, 5.41) is 12.1. The van der Waals surface area contributed by atoms with Crippen LogP contribution in [0.2, 0.25) is 0 Å². The first kappa shape index (κ1) is 11.6. The molecule has 2 heterocycles. The number of nitrogens with zero attached hydrogens (tertiary/aromatic N) is 4. The van der Waals surface area contributed by atoms with Gasteiger partial charge in [0.15, 0.2) is 5.65 Å². The van der Waals surface area contributed by atoms with E-state index in [0.29, 0.717) is 11.5 Å². The Kier molecular flexibility index (Phi) is 2.87. The lowest BCUT2D eigenvalue weighted by atomic mass is 10.2. The number of nitrogens with two attached hydrogens (primary N) is 1. The van der Waals surface area contributed by atoms with Crippen molar-refractivity contribution < 1.29 is 4.74 Å². The van der Waals surface area contributed by atoms with Crippen LogP contribution in [0.4, 0.5) is 5.95 Å². The first-order chi connectivity index (χ1) is 8.04. The van der Waals surface area contributed by atoms with Crippen LogP contribution in [0.15, 0.2) is 0 Å². The molecule has 2 N–H and O–H groups in total. The van der Waals surface area contributed by atoms with Crippen LogP contribution in [0.25, 0.3) is 5.65 Å². The van der Waals surface area contributed by atoms with Crippen molar-refractivity contribution in [1.29, 1.82) is 0 Å². The fourth-order valence-electron chi connectivity index (χ4n) is 1.50. The molecule has 0 aromatic carbocycles. The smallest absolute Gasteiger partial charge is 0.243 e. The molecule has 0 radical (unpaired) electrons. The van der Waals surface area contributed by atoms with Gasteiger partial charge < -0.3 is 10.5 Å². The molecule has 0 aliphatic heterocycles. The van der Waals surface area contributed by atoms with Gasteiger partial charge in [0.05, 0.1) is 6.10 Å². The molecule has 92 valence electrons. The molecule has 0 bridgehead atoms. The van der Waals surface area contributed by atoms with Gasteiger partial charge in [0.25, 0.3) is 0 Å². The Bertz CT molecular complexity index is 548. The number of anilines is 1. The number of nitrogen functional groups attached to an aromatic ring is 1. The lowest BCUT2D eigenvalue weighted by molar-refractivity contribution is 0.204. The molecule has 0 amide bonds. The van der Waals surface area contributed by atoms with Gasteiger partial charge in [0.1, 0.15) is 0 Å². The molecule has 6 heteroatoms. The summed E-state index contributed by atoms with van der Waals surface area (Å²) in [5.41, 5.74) is 8.34. The summed E-state index contributed by atoms with van der Waals surface area (Å²) in [5.74, 6) is 0.868. The third-order valence-corrected chi connectivity index (χ3v) is 2.96. The van der Waals surface area contributed by atoms with Crippen LogP contribution in [-0.2, 0) is 0 Å². The summed E-state index contributed by atoms with van der Waals surface area (Å²) in [7, 11) is 0. The van der Waals surface area contributed by atoms with E-state index < -0.39 is 0 Å². The predicted molar refractivity (Wildman–Crippen MR) is 65.0 cm³/mol. The molecule has 6 nitrogen and oxygen atoms in total. The molecule has 0 saturated heterocycles. The molecule has 2 aromatic rings. The van der Waals surface area contributed by atoms with Gasteiger partial charge in [0, 0.05) is 11.1 Å². The van der Waals surface area contributed by atoms with Gasteiger partial charge in [-0.15, -0.1) is 15.3 Å². The summed E-state index contributed by atoms with van der Waals surface area (Å²) in [4.78, 5) is 0. The number of hydrogen-bond acceptors (Lipinski definition) is 5. The van der Waals surface area contributed by atoms with Gasteiger partial charge >= 0.3 is 0 Å². The van der Waals surface area contributed by atoms with Crippen molar-refractivity contribution in [2.75, 3.05) is 5.73 Å². The number of aryl methyl sites for hydroxylation is 1. The summed E-state index contributed by atoms with van der Waals surface area (Å²) < 4.78 is 7.28. The summed E-state index contributed by atoms with van der Waals surface area (Å²) in [6.45, 7) is 8.00. The second kappa shape index (κ2) is 4.20. The number of aromatic nitrogens is 4. The lowest BCUT2D eigenvalue weighted by Crippen LogP contribution is -2.14. The van der Waals surface area contributed by atoms with Gasteiger partial charge in [0.2, 0.25) is 11.8 Å². The van der Waals surface area contributed by atoms with Crippen molar-refractivity contribution in [3.05, 3.63) is 11.1 Å². The number of hydrogen-bond donors (Lipinski definition) is 1. The molecule has 2 rings (SSSR count). The Labute approximate surface area is 99.8 Å². The zero-order valence-corrected chi connectivity index (χ0v) is 10.6. The van der Waals surface area contributed by atoms with Gasteiger partial charge in [-0.2, -0.15) is 4.52 Å². The van der Waals surface area contributed by atoms with Crippen LogP contribution in [-0.4, -0.2) is 25.9 Å². The fourth-order valence-corrected chi connectivity index (χ4v) is 1.50. The van der Waals surface area contributed by atoms with Gasteiger partial charge in [-0.25, -0.2) is 0 Å². The molecule has 0 aliphatic carbocycles. The Balaban J connectivity index is 2.56. The summed E-state index contributed by atoms with van der Waals surface area (Å²) >= 11 is 0.